The van der Waals surface area contributed by atoms with Crippen LogP contribution >= 0.6 is 0 Å². The fourth-order valence-electron chi connectivity index (χ4n) is 4.64. The minimum absolute atomic E-state index is 0.0660. The van der Waals surface area contributed by atoms with Gasteiger partial charge in [0.15, 0.2) is 6.54 Å². The second-order valence-corrected chi connectivity index (χ2v) is 8.31. The van der Waals surface area contributed by atoms with Crippen molar-refractivity contribution in [2.75, 3.05) is 0 Å². The van der Waals surface area contributed by atoms with E-state index in [4.69, 9.17) is 4.74 Å². The Morgan fingerprint density at radius 1 is 1.33 bits per heavy atom. The van der Waals surface area contributed by atoms with E-state index in [1.165, 1.54) is 37.1 Å². The van der Waals surface area contributed by atoms with Crippen molar-refractivity contribution in [3.8, 4) is 0 Å². The van der Waals surface area contributed by atoms with Crippen molar-refractivity contribution in [2.45, 2.75) is 78.4 Å². The molecule has 0 aromatic carbocycles. The first-order chi connectivity index (χ1) is 11.5. The van der Waals surface area contributed by atoms with Gasteiger partial charge in [0.05, 0.1) is 7.05 Å². The Morgan fingerprint density at radius 2 is 2.08 bits per heavy atom. The van der Waals surface area contributed by atoms with Gasteiger partial charge < -0.3 is 4.74 Å². The van der Waals surface area contributed by atoms with E-state index >= 15 is 0 Å². The van der Waals surface area contributed by atoms with Crippen molar-refractivity contribution >= 4 is 5.97 Å². The molecule has 1 heterocycles. The van der Waals surface area contributed by atoms with Crippen LogP contribution in [0.1, 0.15) is 64.3 Å². The normalized spacial score (nSPS) is 27.1. The zero-order chi connectivity index (χ0) is 17.3. The number of fused-ring (bicyclic) bond motifs is 1. The lowest BCUT2D eigenvalue weighted by Crippen LogP contribution is -2.36. The summed E-state index contributed by atoms with van der Waals surface area (Å²) in [5, 5.41) is 0. The standard InChI is InChI=1S/C20H33N2O2/c1-14(2)16-10-9-15(3)11-19(16)24-20(23)12-22-13-21(4)17-7-5-6-8-18(17)22/h13-16,19H,5-12H2,1-4H3/q+1. The number of carbonyl (C=O) groups is 1. The van der Waals surface area contributed by atoms with Crippen LogP contribution < -0.4 is 4.57 Å². The first-order valence-corrected chi connectivity index (χ1v) is 9.71. The number of hydrogen-bond acceptors (Lipinski definition) is 2. The van der Waals surface area contributed by atoms with E-state index < -0.39 is 0 Å². The maximum atomic E-state index is 12.6. The van der Waals surface area contributed by atoms with Gasteiger partial charge in [-0.05, 0) is 43.4 Å². The molecule has 1 aromatic heterocycles. The van der Waals surface area contributed by atoms with Gasteiger partial charge in [0.1, 0.15) is 17.5 Å². The number of ether oxygens (including phenoxy) is 1. The van der Waals surface area contributed by atoms with E-state index in [1.54, 1.807) is 0 Å². The lowest BCUT2D eigenvalue weighted by molar-refractivity contribution is -0.678. The zero-order valence-electron chi connectivity index (χ0n) is 15.8. The number of aryl methyl sites for hydroxylation is 1. The molecule has 1 saturated carbocycles. The molecule has 4 nitrogen and oxygen atoms in total. The SMILES string of the molecule is CC1CCC(C(C)C)C(OC(=O)Cn2c[n+](C)c3c2CCCC3)C1. The Bertz CT molecular complexity index is 591. The summed E-state index contributed by atoms with van der Waals surface area (Å²) < 4.78 is 10.3. The molecule has 3 rings (SSSR count). The fraction of sp³-hybridized carbons (Fsp3) is 0.800. The highest BCUT2D eigenvalue weighted by molar-refractivity contribution is 5.69. The highest BCUT2D eigenvalue weighted by atomic mass is 16.5. The van der Waals surface area contributed by atoms with E-state index in [0.717, 1.165) is 19.3 Å². The zero-order valence-corrected chi connectivity index (χ0v) is 15.8. The van der Waals surface area contributed by atoms with Crippen LogP contribution in [0.5, 0.6) is 0 Å². The Hall–Kier alpha value is -1.32. The first-order valence-electron chi connectivity index (χ1n) is 9.71. The first kappa shape index (κ1) is 17.5. The van der Waals surface area contributed by atoms with Crippen molar-refractivity contribution in [2.24, 2.45) is 24.8 Å². The highest BCUT2D eigenvalue weighted by Crippen LogP contribution is 2.35. The molecule has 3 unspecified atom stereocenters. The molecular weight excluding hydrogens is 300 g/mol. The van der Waals surface area contributed by atoms with Crippen molar-refractivity contribution < 1.29 is 14.1 Å². The lowest BCUT2D eigenvalue weighted by atomic mass is 9.75. The molecule has 24 heavy (non-hydrogen) atoms. The summed E-state index contributed by atoms with van der Waals surface area (Å²) in [5.74, 6) is 1.69. The van der Waals surface area contributed by atoms with Crippen molar-refractivity contribution in [1.82, 2.24) is 4.57 Å². The third-order valence-corrected chi connectivity index (χ3v) is 6.04. The average Bonchev–Trinajstić information content (AvgIpc) is 2.83. The van der Waals surface area contributed by atoms with Crippen LogP contribution in [0.3, 0.4) is 0 Å². The van der Waals surface area contributed by atoms with Gasteiger partial charge in [-0.3, -0.25) is 0 Å². The van der Waals surface area contributed by atoms with Crippen LogP contribution in [0.4, 0.5) is 0 Å². The van der Waals surface area contributed by atoms with Crippen LogP contribution in [-0.4, -0.2) is 16.6 Å². The van der Waals surface area contributed by atoms with E-state index in [2.05, 4.69) is 43.3 Å². The van der Waals surface area contributed by atoms with E-state index in [0.29, 0.717) is 24.3 Å². The molecule has 0 bridgehead atoms. The molecule has 2 aliphatic carbocycles. The summed E-state index contributed by atoms with van der Waals surface area (Å²) in [7, 11) is 2.09. The van der Waals surface area contributed by atoms with Crippen LogP contribution in [0.2, 0.25) is 0 Å². The summed E-state index contributed by atoms with van der Waals surface area (Å²) >= 11 is 0. The van der Waals surface area contributed by atoms with Gasteiger partial charge in [-0.1, -0.05) is 27.2 Å². The predicted molar refractivity (Wildman–Crippen MR) is 93.5 cm³/mol. The predicted octanol–water partition coefficient (Wildman–Crippen LogP) is 3.20. The molecule has 3 atom stereocenters. The number of rotatable bonds is 4. The van der Waals surface area contributed by atoms with Crippen molar-refractivity contribution in [3.05, 3.63) is 17.7 Å². The van der Waals surface area contributed by atoms with Gasteiger partial charge in [0, 0.05) is 12.8 Å². The van der Waals surface area contributed by atoms with Crippen LogP contribution in [-0.2, 0) is 36.0 Å². The van der Waals surface area contributed by atoms with Crippen LogP contribution in [0.25, 0.3) is 0 Å². The van der Waals surface area contributed by atoms with Gasteiger partial charge in [0.25, 0.3) is 0 Å². The molecule has 0 radical (unpaired) electrons. The Labute approximate surface area is 146 Å². The molecule has 0 aliphatic heterocycles. The average molecular weight is 333 g/mol. The van der Waals surface area contributed by atoms with Crippen molar-refractivity contribution in [1.29, 1.82) is 0 Å². The van der Waals surface area contributed by atoms with Gasteiger partial charge in [-0.15, -0.1) is 0 Å². The largest absolute Gasteiger partial charge is 0.459 e. The quantitative estimate of drug-likeness (QED) is 0.626. The molecule has 1 aromatic rings. The van der Waals surface area contributed by atoms with Crippen LogP contribution in [0, 0.1) is 17.8 Å². The van der Waals surface area contributed by atoms with Crippen molar-refractivity contribution in [3.63, 3.8) is 0 Å². The number of aromatic nitrogens is 2. The summed E-state index contributed by atoms with van der Waals surface area (Å²) in [6.07, 6.45) is 10.3. The molecule has 2 aliphatic rings. The van der Waals surface area contributed by atoms with Crippen LogP contribution in [0.15, 0.2) is 6.33 Å². The molecule has 1 fully saturated rings. The number of nitrogens with zero attached hydrogens (tertiary/aromatic N) is 2. The molecule has 134 valence electrons. The maximum Gasteiger partial charge on any atom is 0.348 e. The maximum absolute atomic E-state index is 12.6. The third kappa shape index (κ3) is 3.68. The minimum atomic E-state index is -0.0660. The number of hydrogen-bond donors (Lipinski definition) is 0. The molecular formula is C20H33N2O2+. The smallest absolute Gasteiger partial charge is 0.348 e. The number of esters is 1. The second-order valence-electron chi connectivity index (χ2n) is 8.31. The molecule has 0 amide bonds. The highest BCUT2D eigenvalue weighted by Gasteiger charge is 2.34. The number of imidazole rings is 1. The van der Waals surface area contributed by atoms with E-state index in [9.17, 15) is 4.79 Å². The Morgan fingerprint density at radius 3 is 2.83 bits per heavy atom. The van der Waals surface area contributed by atoms with Gasteiger partial charge in [0.2, 0.25) is 6.33 Å². The Kier molecular flexibility index (Phi) is 5.31. The molecule has 0 N–H and O–H groups in total. The topological polar surface area (TPSA) is 35.1 Å². The van der Waals surface area contributed by atoms with Gasteiger partial charge in [-0.25, -0.2) is 13.9 Å². The number of carbonyl (C=O) groups excluding carboxylic acids is 1. The monoisotopic (exact) mass is 333 g/mol. The van der Waals surface area contributed by atoms with E-state index in [-0.39, 0.29) is 12.1 Å². The minimum Gasteiger partial charge on any atom is -0.459 e. The lowest BCUT2D eigenvalue weighted by Gasteiger charge is -2.36. The summed E-state index contributed by atoms with van der Waals surface area (Å²) in [4.78, 5) is 12.6. The van der Waals surface area contributed by atoms with E-state index in [1.807, 2.05) is 0 Å². The fourth-order valence-corrected chi connectivity index (χ4v) is 4.64. The summed E-state index contributed by atoms with van der Waals surface area (Å²) in [6, 6.07) is 0. The van der Waals surface area contributed by atoms with Gasteiger partial charge in [-0.2, -0.15) is 0 Å². The molecule has 0 saturated heterocycles. The summed E-state index contributed by atoms with van der Waals surface area (Å²) in [6.45, 7) is 7.15. The third-order valence-electron chi connectivity index (χ3n) is 6.04. The van der Waals surface area contributed by atoms with Gasteiger partial charge >= 0.3 is 5.97 Å². The summed E-state index contributed by atoms with van der Waals surface area (Å²) in [5.41, 5.74) is 2.72. The second kappa shape index (κ2) is 7.28. The Balaban J connectivity index is 1.67. The molecule has 0 spiro atoms. The molecule has 4 heteroatoms.